The predicted octanol–water partition coefficient (Wildman–Crippen LogP) is 2.28. The van der Waals surface area contributed by atoms with E-state index in [0.717, 1.165) is 57.1 Å². The van der Waals surface area contributed by atoms with Crippen molar-refractivity contribution in [3.63, 3.8) is 0 Å². The van der Waals surface area contributed by atoms with E-state index in [4.69, 9.17) is 25.1 Å². The van der Waals surface area contributed by atoms with E-state index in [1.807, 2.05) is 11.8 Å². The molecule has 11 N–H and O–H groups in total. The van der Waals surface area contributed by atoms with Gasteiger partial charge in [0.05, 0.1) is 38.5 Å². The number of ether oxygens (including phenoxy) is 3. The molecule has 402 valence electrons. The van der Waals surface area contributed by atoms with Crippen LogP contribution in [0.5, 0.6) is 0 Å². The Balaban J connectivity index is 1.53. The monoisotopic (exact) mass is 1010 g/mol. The van der Waals surface area contributed by atoms with Gasteiger partial charge in [-0.05, 0) is 90.0 Å². The number of nitrogens with two attached hydrogens (primary N) is 1. The Labute approximate surface area is 419 Å². The fraction of sp³-hybridized carbons (Fsp3) is 0.833. The highest BCUT2D eigenvalue weighted by molar-refractivity contribution is 8.00. The third-order valence-corrected chi connectivity index (χ3v) is 13.3. The number of rotatable bonds is 46. The molecule has 21 nitrogen and oxygen atoms in total. The van der Waals surface area contributed by atoms with E-state index < -0.39 is 17.9 Å². The molecule has 0 bridgehead atoms. The molecule has 22 heteroatoms. The molecule has 0 aromatic carbocycles. The lowest BCUT2D eigenvalue weighted by atomic mass is 10.0. The largest absolute Gasteiger partial charge is 0.481 e. The van der Waals surface area contributed by atoms with Crippen molar-refractivity contribution >= 4 is 59.2 Å². The van der Waals surface area contributed by atoms with Crippen LogP contribution in [0.4, 0.5) is 4.79 Å². The second kappa shape index (κ2) is 41.4. The summed E-state index contributed by atoms with van der Waals surface area (Å²) in [4.78, 5) is 96.9. The average Bonchev–Trinajstić information content (AvgIpc) is 3.90. The van der Waals surface area contributed by atoms with E-state index in [2.05, 4.69) is 42.5 Å². The first-order valence-corrected chi connectivity index (χ1v) is 27.0. The molecule has 0 aromatic heterocycles. The normalized spacial score (nSPS) is 16.4. The van der Waals surface area contributed by atoms with Gasteiger partial charge in [0.15, 0.2) is 0 Å². The van der Waals surface area contributed by atoms with Gasteiger partial charge in [-0.1, -0.05) is 25.7 Å². The van der Waals surface area contributed by atoms with Gasteiger partial charge >= 0.3 is 12.0 Å². The third kappa shape index (κ3) is 33.4. The highest BCUT2D eigenvalue weighted by Gasteiger charge is 2.42. The van der Waals surface area contributed by atoms with Crippen LogP contribution in [0.25, 0.3) is 0 Å². The number of thioether (sulfide) groups is 1. The van der Waals surface area contributed by atoms with E-state index in [-0.39, 0.29) is 66.9 Å². The van der Waals surface area contributed by atoms with E-state index in [1.54, 1.807) is 0 Å². The predicted molar refractivity (Wildman–Crippen MR) is 268 cm³/mol. The minimum absolute atomic E-state index is 0.0406. The summed E-state index contributed by atoms with van der Waals surface area (Å²) in [5.74, 6) is -0.969. The molecule has 8 amide bonds. The molecule has 0 aliphatic carbocycles. The highest BCUT2D eigenvalue weighted by Crippen LogP contribution is 2.33. The Morgan fingerprint density at radius 1 is 0.543 bits per heavy atom. The number of fused-ring (bicyclic) bond motifs is 1. The fourth-order valence-electron chi connectivity index (χ4n) is 7.77. The van der Waals surface area contributed by atoms with Crippen molar-refractivity contribution in [2.24, 2.45) is 5.73 Å². The quantitative estimate of drug-likeness (QED) is 0.0309. The van der Waals surface area contributed by atoms with Crippen LogP contribution < -0.4 is 48.3 Å². The maximum atomic E-state index is 13.2. The number of carbonyl (C=O) groups is 8. The van der Waals surface area contributed by atoms with Crippen LogP contribution in [-0.2, 0) is 47.8 Å². The molecule has 0 spiro atoms. The Morgan fingerprint density at radius 2 is 1.01 bits per heavy atom. The first-order chi connectivity index (χ1) is 34.0. The van der Waals surface area contributed by atoms with Gasteiger partial charge in [-0.3, -0.25) is 33.6 Å². The van der Waals surface area contributed by atoms with Gasteiger partial charge in [-0.25, -0.2) is 4.79 Å². The summed E-state index contributed by atoms with van der Waals surface area (Å²) in [5, 5.41) is 32.2. The number of urea groups is 1. The summed E-state index contributed by atoms with van der Waals surface area (Å²) in [6.45, 7) is 5.42. The molecular weight excluding hydrogens is 927 g/mol. The second-order valence-corrected chi connectivity index (χ2v) is 19.1. The fourth-order valence-corrected chi connectivity index (χ4v) is 9.32. The van der Waals surface area contributed by atoms with Crippen LogP contribution in [0.2, 0.25) is 0 Å². The van der Waals surface area contributed by atoms with Gasteiger partial charge in [0.25, 0.3) is 0 Å². The maximum absolute atomic E-state index is 13.2. The van der Waals surface area contributed by atoms with Gasteiger partial charge in [0.1, 0.15) is 6.04 Å². The minimum Gasteiger partial charge on any atom is -0.481 e. The zero-order valence-electron chi connectivity index (χ0n) is 41.7. The molecule has 2 heterocycles. The van der Waals surface area contributed by atoms with Crippen LogP contribution in [0, 0.1) is 0 Å². The summed E-state index contributed by atoms with van der Waals surface area (Å²) in [6.07, 6.45) is 13.7. The summed E-state index contributed by atoms with van der Waals surface area (Å²) in [6, 6.07) is -0.486. The summed E-state index contributed by atoms with van der Waals surface area (Å²) in [5.41, 5.74) is 5.48. The van der Waals surface area contributed by atoms with Crippen LogP contribution in [0.3, 0.4) is 0 Å². The Hall–Kier alpha value is -4.25. The molecule has 0 radical (unpaired) electrons. The van der Waals surface area contributed by atoms with Gasteiger partial charge in [0, 0.05) is 95.5 Å². The van der Waals surface area contributed by atoms with E-state index in [1.165, 1.54) is 0 Å². The van der Waals surface area contributed by atoms with Crippen molar-refractivity contribution < 1.29 is 57.7 Å². The first-order valence-electron chi connectivity index (χ1n) is 26.0. The van der Waals surface area contributed by atoms with Gasteiger partial charge in [0.2, 0.25) is 35.4 Å². The van der Waals surface area contributed by atoms with Crippen molar-refractivity contribution in [3.05, 3.63) is 0 Å². The van der Waals surface area contributed by atoms with Crippen LogP contribution >= 0.6 is 11.8 Å². The molecular formula is C48H87N9O12S. The zero-order chi connectivity index (χ0) is 50.9. The average molecular weight is 1010 g/mol. The lowest BCUT2D eigenvalue weighted by molar-refractivity contribution is -0.137. The summed E-state index contributed by atoms with van der Waals surface area (Å²) in [7, 11) is 0. The number of aliphatic carboxylic acids is 1. The number of hydrogen-bond acceptors (Lipinski definition) is 13. The van der Waals surface area contributed by atoms with Crippen molar-refractivity contribution in [1.29, 1.82) is 0 Å². The smallest absolute Gasteiger partial charge is 0.315 e. The Bertz CT molecular complexity index is 1520. The molecule has 70 heavy (non-hydrogen) atoms. The van der Waals surface area contributed by atoms with Gasteiger partial charge in [-0.15, -0.1) is 0 Å². The topological polar surface area (TPSA) is 307 Å². The van der Waals surface area contributed by atoms with Gasteiger partial charge < -0.3 is 67.6 Å². The summed E-state index contributed by atoms with van der Waals surface area (Å²) >= 11 is 1.89. The number of carbonyl (C=O) groups excluding carboxylic acids is 7. The van der Waals surface area contributed by atoms with Crippen LogP contribution in [0.1, 0.15) is 148 Å². The lowest BCUT2D eigenvalue weighted by Crippen LogP contribution is -2.47. The minimum atomic E-state index is -0.855. The number of hydrogen-bond donors (Lipinski definition) is 10. The maximum Gasteiger partial charge on any atom is 0.315 e. The molecule has 4 atom stereocenters. The Morgan fingerprint density at radius 3 is 1.59 bits per heavy atom. The zero-order valence-corrected chi connectivity index (χ0v) is 42.5. The SMILES string of the molecule is NCCCCCC(=O)NCCCCCC(=O)NCCCC[C@H](NC(=O)CCC(=O)NCCCCCC(=O)O)C(=O)NCCCOCCOCCOCCCNC(=O)CCCC[C@@H]1SC[C@@H]2NC(=O)N[C@@H]21. The second-order valence-electron chi connectivity index (χ2n) is 17.8. The number of amides is 8. The summed E-state index contributed by atoms with van der Waals surface area (Å²) < 4.78 is 16.8. The van der Waals surface area contributed by atoms with Crippen LogP contribution in [-0.4, -0.2) is 161 Å². The molecule has 2 fully saturated rings. The molecule has 0 saturated carbocycles. The number of carboxylic acids is 1. The molecule has 0 unspecified atom stereocenters. The van der Waals surface area contributed by atoms with Gasteiger partial charge in [-0.2, -0.15) is 11.8 Å². The van der Waals surface area contributed by atoms with Crippen molar-refractivity contribution in [1.82, 2.24) is 42.5 Å². The van der Waals surface area contributed by atoms with Crippen LogP contribution in [0.15, 0.2) is 0 Å². The number of carboxylic acid groups (broad SMARTS) is 1. The molecule has 0 aromatic rings. The van der Waals surface area contributed by atoms with Crippen molar-refractivity contribution in [2.75, 3.05) is 84.7 Å². The van der Waals surface area contributed by atoms with Crippen molar-refractivity contribution in [2.45, 2.75) is 171 Å². The van der Waals surface area contributed by atoms with E-state index in [0.29, 0.717) is 161 Å². The molecule has 2 rings (SSSR count). The first kappa shape index (κ1) is 61.9. The van der Waals surface area contributed by atoms with E-state index >= 15 is 0 Å². The molecule has 2 saturated heterocycles. The third-order valence-electron chi connectivity index (χ3n) is 11.7. The van der Waals surface area contributed by atoms with E-state index in [9.17, 15) is 38.4 Å². The Kier molecular flexibility index (Phi) is 36.6. The number of unbranched alkanes of at least 4 members (excludes halogenated alkanes) is 8. The van der Waals surface area contributed by atoms with Crippen molar-refractivity contribution in [3.8, 4) is 0 Å². The molecule has 2 aliphatic rings. The number of nitrogens with one attached hydrogen (secondary N) is 8. The lowest BCUT2D eigenvalue weighted by Gasteiger charge is -2.19. The standard InChI is InChI=1S/C48H87N9O12S/c49-24-10-1-4-18-40(58)50-25-11-2-5-19-41(59)51-27-13-9-16-37(55-44(62)23-22-43(61)52-26-12-3-6-21-45(63)64)47(65)54-29-15-31-68-33-35-69-34-32-67-30-14-28-53-42(60)20-8-7-17-39-46-38(36-70-39)56-48(66)57-46/h37-39,46H,1-36,49H2,(H,50,58)(H,51,59)(H,52,61)(H,53,60)(H,54,65)(H,55,62)(H,63,64)(H2,56,57,66)/t37-,38-,39-,46-/m0/s1. The molecule has 2 aliphatic heterocycles. The highest BCUT2D eigenvalue weighted by atomic mass is 32.2.